The van der Waals surface area contributed by atoms with Crippen molar-refractivity contribution in [2.45, 2.75) is 37.9 Å². The minimum absolute atomic E-state index is 0.0190. The van der Waals surface area contributed by atoms with Crippen molar-refractivity contribution in [1.29, 1.82) is 0 Å². The van der Waals surface area contributed by atoms with Crippen LogP contribution in [0.5, 0.6) is 0 Å². The summed E-state index contributed by atoms with van der Waals surface area (Å²) >= 11 is 0. The Kier molecular flexibility index (Phi) is 6.49. The molecule has 0 unspecified atom stereocenters. The van der Waals surface area contributed by atoms with E-state index in [1.807, 2.05) is 44.2 Å². The van der Waals surface area contributed by atoms with Crippen LogP contribution in [0.3, 0.4) is 0 Å². The van der Waals surface area contributed by atoms with E-state index in [2.05, 4.69) is 10.3 Å². The van der Waals surface area contributed by atoms with Crippen LogP contribution in [0, 0.1) is 0 Å². The smallest absolute Gasteiger partial charge is 0.318 e. The highest BCUT2D eigenvalue weighted by atomic mass is 16.3. The van der Waals surface area contributed by atoms with E-state index in [9.17, 15) is 14.7 Å². The van der Waals surface area contributed by atoms with Crippen molar-refractivity contribution >= 4 is 11.9 Å². The summed E-state index contributed by atoms with van der Waals surface area (Å²) in [5, 5.41) is 12.9. The van der Waals surface area contributed by atoms with Crippen molar-refractivity contribution in [3.63, 3.8) is 0 Å². The Balaban J connectivity index is 1.85. The lowest BCUT2D eigenvalue weighted by Gasteiger charge is -2.55. The minimum Gasteiger partial charge on any atom is -0.394 e. The number of hydrogen-bond donors (Lipinski definition) is 2. The number of carbonyl (C=O) groups excluding carboxylic acids is 2. The first kappa shape index (κ1) is 20.8. The van der Waals surface area contributed by atoms with Gasteiger partial charge in [-0.1, -0.05) is 30.3 Å². The van der Waals surface area contributed by atoms with E-state index in [1.165, 1.54) is 0 Å². The normalized spacial score (nSPS) is 20.9. The standard InChI is InChI=1S/C22H28N4O3/c1-15(2)24-22(29)26-18(13-25(3)21(28)17-9-11-23-12-10-17)20(19(26)14-27)16-7-5-4-6-8-16/h4-12,15,18-20,27H,13-14H2,1-3H3,(H,24,29)/t18-,19-,20+/m0/s1. The first-order valence-corrected chi connectivity index (χ1v) is 9.84. The predicted octanol–water partition coefficient (Wildman–Crippen LogP) is 2.10. The van der Waals surface area contributed by atoms with Gasteiger partial charge in [-0.2, -0.15) is 0 Å². The maximum atomic E-state index is 12.8. The zero-order valence-corrected chi connectivity index (χ0v) is 17.0. The molecule has 3 atom stereocenters. The molecule has 1 fully saturated rings. The minimum atomic E-state index is -0.328. The van der Waals surface area contributed by atoms with Gasteiger partial charge in [0.2, 0.25) is 0 Å². The molecule has 1 saturated heterocycles. The van der Waals surface area contributed by atoms with Crippen molar-refractivity contribution in [2.24, 2.45) is 0 Å². The SMILES string of the molecule is CC(C)NC(=O)N1[C@@H](CO)[C@H](c2ccccc2)[C@@H]1CN(C)C(=O)c1ccncc1. The van der Waals surface area contributed by atoms with Crippen LogP contribution < -0.4 is 5.32 Å². The number of pyridine rings is 1. The van der Waals surface area contributed by atoms with Crippen molar-refractivity contribution in [3.8, 4) is 0 Å². The number of aliphatic hydroxyl groups is 1. The third-order valence-corrected chi connectivity index (χ3v) is 5.30. The van der Waals surface area contributed by atoms with E-state index in [0.717, 1.165) is 5.56 Å². The Morgan fingerprint density at radius 2 is 1.79 bits per heavy atom. The van der Waals surface area contributed by atoms with Crippen LogP contribution in [0.1, 0.15) is 35.7 Å². The number of benzene rings is 1. The average Bonchev–Trinajstić information content (AvgIpc) is 2.71. The molecule has 7 nitrogen and oxygen atoms in total. The number of urea groups is 1. The summed E-state index contributed by atoms with van der Waals surface area (Å²) in [5.41, 5.74) is 1.60. The molecule has 2 heterocycles. The fraction of sp³-hybridized carbons (Fsp3) is 0.409. The number of nitrogens with zero attached hydrogens (tertiary/aromatic N) is 3. The topological polar surface area (TPSA) is 85.8 Å². The second-order valence-corrected chi connectivity index (χ2v) is 7.69. The van der Waals surface area contributed by atoms with Gasteiger partial charge in [0.25, 0.3) is 5.91 Å². The van der Waals surface area contributed by atoms with E-state index in [0.29, 0.717) is 12.1 Å². The molecule has 3 rings (SSSR count). The highest BCUT2D eigenvalue weighted by Gasteiger charge is 2.51. The van der Waals surface area contributed by atoms with Gasteiger partial charge in [-0.05, 0) is 31.5 Å². The molecular weight excluding hydrogens is 368 g/mol. The van der Waals surface area contributed by atoms with Gasteiger partial charge in [-0.15, -0.1) is 0 Å². The van der Waals surface area contributed by atoms with E-state index < -0.39 is 0 Å². The average molecular weight is 396 g/mol. The summed E-state index contributed by atoms with van der Waals surface area (Å²) in [6.45, 7) is 4.02. The van der Waals surface area contributed by atoms with Gasteiger partial charge in [0.1, 0.15) is 0 Å². The zero-order chi connectivity index (χ0) is 21.0. The van der Waals surface area contributed by atoms with Crippen molar-refractivity contribution in [2.75, 3.05) is 20.2 Å². The number of likely N-dealkylation sites (tertiary alicyclic amines) is 1. The fourth-order valence-corrected chi connectivity index (χ4v) is 3.97. The second-order valence-electron chi connectivity index (χ2n) is 7.69. The van der Waals surface area contributed by atoms with Crippen LogP contribution in [0.2, 0.25) is 0 Å². The monoisotopic (exact) mass is 396 g/mol. The molecule has 1 aromatic carbocycles. The Hall–Kier alpha value is -2.93. The van der Waals surface area contributed by atoms with Crippen LogP contribution in [0.15, 0.2) is 54.9 Å². The summed E-state index contributed by atoms with van der Waals surface area (Å²) < 4.78 is 0. The Labute approximate surface area is 171 Å². The third kappa shape index (κ3) is 4.40. The number of hydrogen-bond acceptors (Lipinski definition) is 4. The van der Waals surface area contributed by atoms with Crippen LogP contribution in [0.25, 0.3) is 0 Å². The molecule has 0 radical (unpaired) electrons. The van der Waals surface area contributed by atoms with E-state index in [1.54, 1.807) is 41.4 Å². The Bertz CT molecular complexity index is 828. The third-order valence-electron chi connectivity index (χ3n) is 5.30. The lowest BCUT2D eigenvalue weighted by molar-refractivity contribution is -0.0190. The van der Waals surface area contributed by atoms with Crippen LogP contribution >= 0.6 is 0 Å². The van der Waals surface area contributed by atoms with Crippen molar-refractivity contribution in [1.82, 2.24) is 20.1 Å². The molecular formula is C22H28N4O3. The van der Waals surface area contributed by atoms with E-state index in [4.69, 9.17) is 0 Å². The summed E-state index contributed by atoms with van der Waals surface area (Å²) in [6, 6.07) is 12.4. The lowest BCUT2D eigenvalue weighted by atomic mass is 9.75. The number of aliphatic hydroxyl groups excluding tert-OH is 1. The van der Waals surface area contributed by atoms with Gasteiger partial charge < -0.3 is 20.2 Å². The number of rotatable bonds is 6. The van der Waals surface area contributed by atoms with Crippen molar-refractivity contribution < 1.29 is 14.7 Å². The van der Waals surface area contributed by atoms with E-state index >= 15 is 0 Å². The van der Waals surface area contributed by atoms with E-state index in [-0.39, 0.29) is 42.6 Å². The summed E-state index contributed by atoms with van der Waals surface area (Å²) in [6.07, 6.45) is 3.17. The van der Waals surface area contributed by atoms with Gasteiger partial charge in [-0.3, -0.25) is 9.78 Å². The maximum Gasteiger partial charge on any atom is 0.318 e. The quantitative estimate of drug-likeness (QED) is 0.783. The Morgan fingerprint density at radius 1 is 1.14 bits per heavy atom. The molecule has 154 valence electrons. The van der Waals surface area contributed by atoms with Crippen LogP contribution in [0.4, 0.5) is 4.79 Å². The Morgan fingerprint density at radius 3 is 2.38 bits per heavy atom. The molecule has 2 N–H and O–H groups in total. The summed E-state index contributed by atoms with van der Waals surface area (Å²) in [7, 11) is 1.73. The molecule has 29 heavy (non-hydrogen) atoms. The molecule has 0 bridgehead atoms. The molecule has 3 amide bonds. The lowest BCUT2D eigenvalue weighted by Crippen LogP contribution is -2.70. The molecule has 0 aliphatic carbocycles. The molecule has 1 aromatic heterocycles. The highest BCUT2D eigenvalue weighted by molar-refractivity contribution is 5.94. The summed E-state index contributed by atoms with van der Waals surface area (Å²) in [5.74, 6) is -0.178. The first-order chi connectivity index (χ1) is 13.9. The molecule has 1 aliphatic heterocycles. The maximum absolute atomic E-state index is 12.8. The fourth-order valence-electron chi connectivity index (χ4n) is 3.97. The van der Waals surface area contributed by atoms with Crippen LogP contribution in [-0.2, 0) is 0 Å². The van der Waals surface area contributed by atoms with Gasteiger partial charge in [-0.25, -0.2) is 4.79 Å². The number of aromatic nitrogens is 1. The summed E-state index contributed by atoms with van der Waals surface area (Å²) in [4.78, 5) is 32.9. The van der Waals surface area contributed by atoms with Gasteiger partial charge in [0.15, 0.2) is 0 Å². The largest absolute Gasteiger partial charge is 0.394 e. The second kappa shape index (κ2) is 9.05. The molecule has 0 saturated carbocycles. The predicted molar refractivity (Wildman–Crippen MR) is 111 cm³/mol. The first-order valence-electron chi connectivity index (χ1n) is 9.84. The van der Waals surface area contributed by atoms with Crippen molar-refractivity contribution in [3.05, 3.63) is 66.0 Å². The van der Waals surface area contributed by atoms with Gasteiger partial charge >= 0.3 is 6.03 Å². The number of likely N-dealkylation sites (N-methyl/N-ethyl adjacent to an activating group) is 1. The highest BCUT2D eigenvalue weighted by Crippen LogP contribution is 2.41. The zero-order valence-electron chi connectivity index (χ0n) is 17.0. The molecule has 0 spiro atoms. The number of amides is 3. The molecule has 1 aliphatic rings. The van der Waals surface area contributed by atoms with Gasteiger partial charge in [0.05, 0.1) is 18.7 Å². The van der Waals surface area contributed by atoms with Gasteiger partial charge in [0, 0.05) is 43.5 Å². The van der Waals surface area contributed by atoms with Crippen LogP contribution in [-0.4, -0.2) is 70.2 Å². The molecule has 2 aromatic rings. The molecule has 7 heteroatoms. The number of nitrogens with one attached hydrogen (secondary N) is 1. The number of carbonyl (C=O) groups is 2.